The van der Waals surface area contributed by atoms with Crippen LogP contribution in [0, 0.1) is 5.92 Å². The van der Waals surface area contributed by atoms with Crippen molar-refractivity contribution in [2.75, 3.05) is 19.8 Å². The molecule has 1 rings (SSSR count). The van der Waals surface area contributed by atoms with Gasteiger partial charge in [0.25, 0.3) is 0 Å². The summed E-state index contributed by atoms with van der Waals surface area (Å²) in [6.07, 6.45) is -18.6. The smallest absolute Gasteiger partial charge is 0.392 e. The van der Waals surface area contributed by atoms with E-state index in [2.05, 4.69) is 26.8 Å². The van der Waals surface area contributed by atoms with Gasteiger partial charge in [-0.25, -0.2) is 16.7 Å². The molecular formula is C18H31F6N3O11S2Si. The molecule has 0 aromatic carbocycles. The number of aliphatic hydroxyl groups excluding tert-OH is 1. The van der Waals surface area contributed by atoms with Crippen LogP contribution in [0.3, 0.4) is 0 Å². The van der Waals surface area contributed by atoms with E-state index in [0.29, 0.717) is 0 Å². The molecule has 0 radical (unpaired) electrons. The van der Waals surface area contributed by atoms with E-state index in [9.17, 15) is 48.3 Å². The zero-order valence-electron chi connectivity index (χ0n) is 22.5. The number of hydrogen-bond acceptors (Lipinski definition) is 12. The average Bonchev–Trinajstić information content (AvgIpc) is 2.78. The Labute approximate surface area is 233 Å². The van der Waals surface area contributed by atoms with Crippen LogP contribution in [-0.2, 0) is 46.7 Å². The highest BCUT2D eigenvalue weighted by atomic mass is 32.3. The molecule has 1 heterocycles. The molecule has 23 heteroatoms. The lowest BCUT2D eigenvalue weighted by atomic mass is 9.98. The van der Waals surface area contributed by atoms with Gasteiger partial charge in [0, 0.05) is 4.91 Å². The largest absolute Gasteiger partial charge is 0.413 e. The second kappa shape index (κ2) is 13.6. The zero-order chi connectivity index (χ0) is 32.2. The number of rotatable bonds is 14. The van der Waals surface area contributed by atoms with Gasteiger partial charge >= 0.3 is 33.2 Å². The third kappa shape index (κ3) is 11.7. The number of nitrogens with zero attached hydrogens (tertiary/aromatic N) is 3. The van der Waals surface area contributed by atoms with Crippen molar-refractivity contribution in [3.8, 4) is 0 Å². The highest BCUT2D eigenvalue weighted by molar-refractivity contribution is 7.82. The van der Waals surface area contributed by atoms with E-state index < -0.39 is 97.0 Å². The fraction of sp³-hybridized carbons (Fsp3) is 1.00. The summed E-state index contributed by atoms with van der Waals surface area (Å²) >= 11 is 0. The summed E-state index contributed by atoms with van der Waals surface area (Å²) in [7, 11) is -13.9. The Morgan fingerprint density at radius 1 is 0.976 bits per heavy atom. The highest BCUT2D eigenvalue weighted by Crippen LogP contribution is 2.46. The Morgan fingerprint density at radius 2 is 1.46 bits per heavy atom. The predicted octanol–water partition coefficient (Wildman–Crippen LogP) is 3.46. The Balaban J connectivity index is 3.44. The molecule has 1 aliphatic rings. The van der Waals surface area contributed by atoms with Crippen LogP contribution in [0.2, 0.25) is 18.1 Å². The second-order valence-corrected chi connectivity index (χ2v) is 17.2. The molecule has 1 N–H and O–H groups in total. The SMILES string of the molecule is CC(C)C(C)(C)[Si](C)(C)O[C@@H]1O[C@H](COS(=O)(=O)OCC(F)(F)F)[C@@H](O)[C@H](OS(=O)(=O)OCC(F)(F)F)[C@H]1N=[N+]=[N-]. The number of alkyl halides is 6. The van der Waals surface area contributed by atoms with Crippen molar-refractivity contribution in [2.45, 2.75) is 88.8 Å². The van der Waals surface area contributed by atoms with Gasteiger partial charge in [0.15, 0.2) is 27.8 Å². The number of azide groups is 1. The molecule has 1 aliphatic heterocycles. The van der Waals surface area contributed by atoms with E-state index in [4.69, 9.17) is 14.7 Å². The van der Waals surface area contributed by atoms with Crippen LogP contribution in [0.25, 0.3) is 10.4 Å². The Bertz CT molecular complexity index is 1150. The van der Waals surface area contributed by atoms with Crippen molar-refractivity contribution in [2.24, 2.45) is 11.0 Å². The molecule has 41 heavy (non-hydrogen) atoms. The van der Waals surface area contributed by atoms with Crippen LogP contribution < -0.4 is 0 Å². The van der Waals surface area contributed by atoms with Gasteiger partial charge in [-0.2, -0.15) is 43.2 Å². The molecule has 14 nitrogen and oxygen atoms in total. The molecule has 0 saturated carbocycles. The minimum Gasteiger partial charge on any atom is -0.392 e. The average molecular weight is 672 g/mol. The van der Waals surface area contributed by atoms with Crippen molar-refractivity contribution in [3.05, 3.63) is 10.4 Å². The molecule has 242 valence electrons. The highest BCUT2D eigenvalue weighted by Gasteiger charge is 2.53. The van der Waals surface area contributed by atoms with Gasteiger partial charge < -0.3 is 14.3 Å². The van der Waals surface area contributed by atoms with Crippen molar-refractivity contribution >= 4 is 29.1 Å². The molecule has 0 bridgehead atoms. The van der Waals surface area contributed by atoms with Crippen LogP contribution in [0.15, 0.2) is 5.11 Å². The van der Waals surface area contributed by atoms with Crippen molar-refractivity contribution < 1.29 is 74.2 Å². The van der Waals surface area contributed by atoms with E-state index in [-0.39, 0.29) is 5.92 Å². The maximum Gasteiger partial charge on any atom is 0.413 e. The van der Waals surface area contributed by atoms with Crippen LogP contribution in [0.4, 0.5) is 26.3 Å². The first kappa shape index (κ1) is 37.8. The first-order valence-corrected chi connectivity index (χ1v) is 17.1. The molecule has 5 atom stereocenters. The Hall–Kier alpha value is -1.27. The lowest BCUT2D eigenvalue weighted by Gasteiger charge is -2.48. The maximum atomic E-state index is 12.5. The van der Waals surface area contributed by atoms with Crippen LogP contribution in [0.5, 0.6) is 0 Å². The summed E-state index contributed by atoms with van der Waals surface area (Å²) < 4.78 is 150. The maximum absolute atomic E-state index is 12.5. The van der Waals surface area contributed by atoms with Gasteiger partial charge in [0.2, 0.25) is 0 Å². The molecule has 1 saturated heterocycles. The lowest BCUT2D eigenvalue weighted by Crippen LogP contribution is -2.62. The van der Waals surface area contributed by atoms with Gasteiger partial charge in [-0.05, 0) is 29.6 Å². The van der Waals surface area contributed by atoms with Crippen molar-refractivity contribution in [1.82, 2.24) is 0 Å². The molecule has 0 aromatic heterocycles. The van der Waals surface area contributed by atoms with E-state index in [1.807, 2.05) is 27.7 Å². The van der Waals surface area contributed by atoms with Gasteiger partial charge in [-0.15, -0.1) is 0 Å². The summed E-state index contributed by atoms with van der Waals surface area (Å²) in [6.45, 7) is 4.81. The number of aliphatic hydroxyl groups is 1. The summed E-state index contributed by atoms with van der Waals surface area (Å²) in [4.78, 5) is 2.51. The van der Waals surface area contributed by atoms with Crippen LogP contribution in [0.1, 0.15) is 27.7 Å². The lowest BCUT2D eigenvalue weighted by molar-refractivity contribution is -0.237. The standard InChI is InChI=1S/C18H31F6N3O11S2Si/c1-10(2)16(3,4)41(5,6)38-15-12(26-27-25)14(37-40(31,32)35-9-18(22,23)24)13(28)11(36-15)7-33-39(29,30)34-8-17(19,20)21/h10-15,28H,7-9H2,1-6H3/t11-,12-,13-,14-,15+/m1/s1. The molecule has 0 unspecified atom stereocenters. The van der Waals surface area contributed by atoms with E-state index in [1.54, 1.807) is 13.1 Å². The van der Waals surface area contributed by atoms with Crippen LogP contribution >= 0.6 is 0 Å². The number of ether oxygens (including phenoxy) is 1. The van der Waals surface area contributed by atoms with Gasteiger partial charge in [-0.3, -0.25) is 0 Å². The molecule has 0 spiro atoms. The third-order valence-corrected chi connectivity index (χ3v) is 12.8. The van der Waals surface area contributed by atoms with E-state index in [1.165, 1.54) is 0 Å². The summed E-state index contributed by atoms with van der Waals surface area (Å²) in [6, 6.07) is -1.91. The normalized spacial score (nSPS) is 25.3. The molecular weight excluding hydrogens is 640 g/mol. The number of halogens is 6. The molecule has 0 aliphatic carbocycles. The Morgan fingerprint density at radius 3 is 1.90 bits per heavy atom. The summed E-state index contributed by atoms with van der Waals surface area (Å²) in [5, 5.41) is 13.5. The van der Waals surface area contributed by atoms with Crippen molar-refractivity contribution in [3.63, 3.8) is 0 Å². The predicted molar refractivity (Wildman–Crippen MR) is 128 cm³/mol. The van der Waals surface area contributed by atoms with Gasteiger partial charge in [-0.1, -0.05) is 32.8 Å². The van der Waals surface area contributed by atoms with Gasteiger partial charge in [0.05, 0.1) is 6.61 Å². The number of hydrogen-bond donors (Lipinski definition) is 1. The zero-order valence-corrected chi connectivity index (χ0v) is 25.2. The second-order valence-electron chi connectivity index (χ2n) is 10.2. The molecule has 1 fully saturated rings. The minimum atomic E-state index is -5.57. The van der Waals surface area contributed by atoms with E-state index >= 15 is 0 Å². The molecule has 0 aromatic rings. The first-order valence-electron chi connectivity index (χ1n) is 11.5. The summed E-state index contributed by atoms with van der Waals surface area (Å²) in [5.74, 6) is -0.0329. The minimum absolute atomic E-state index is 0.0329. The fourth-order valence-corrected chi connectivity index (χ4v) is 7.14. The topological polar surface area (TPSA) is 193 Å². The Kier molecular flexibility index (Phi) is 12.5. The third-order valence-electron chi connectivity index (χ3n) is 6.57. The summed E-state index contributed by atoms with van der Waals surface area (Å²) in [5.41, 5.74) is 9.08. The fourth-order valence-electron chi connectivity index (χ4n) is 3.19. The molecule has 0 amide bonds. The van der Waals surface area contributed by atoms with Crippen molar-refractivity contribution in [1.29, 1.82) is 0 Å². The van der Waals surface area contributed by atoms with Crippen LogP contribution in [-0.4, -0.2) is 93.1 Å². The monoisotopic (exact) mass is 671 g/mol. The van der Waals surface area contributed by atoms with Gasteiger partial charge in [0.1, 0.15) is 24.4 Å². The quantitative estimate of drug-likeness (QED) is 0.0935. The first-order chi connectivity index (χ1) is 18.2. The van der Waals surface area contributed by atoms with E-state index in [0.717, 1.165) is 0 Å².